The number of aryl methyl sites for hydroxylation is 1. The molecule has 0 aromatic carbocycles. The Kier molecular flexibility index (Phi) is 1.26. The van der Waals surface area contributed by atoms with Crippen molar-refractivity contribution in [3.05, 3.63) is 18.2 Å². The Labute approximate surface area is 60.9 Å². The van der Waals surface area contributed by atoms with E-state index in [0.29, 0.717) is 0 Å². The molecule has 0 fully saturated rings. The van der Waals surface area contributed by atoms with Crippen LogP contribution in [0.5, 0.6) is 0 Å². The molecular weight excluding hydrogens is 124 g/mol. The molecule has 1 atom stereocenters. The number of aromatic nitrogens is 2. The van der Waals surface area contributed by atoms with Gasteiger partial charge < -0.3 is 4.57 Å². The Morgan fingerprint density at radius 3 is 3.50 bits per heavy atom. The van der Waals surface area contributed by atoms with Crippen LogP contribution in [-0.2, 0) is 13.0 Å². The molecule has 0 saturated heterocycles. The highest BCUT2D eigenvalue weighted by Crippen LogP contribution is 2.17. The molecule has 1 unspecified atom stereocenters. The van der Waals surface area contributed by atoms with Gasteiger partial charge in [0.1, 0.15) is 5.82 Å². The molecule has 2 nitrogen and oxygen atoms in total. The molecule has 1 aromatic heterocycles. The second kappa shape index (κ2) is 2.11. The second-order valence-electron chi connectivity index (χ2n) is 3.14. The van der Waals surface area contributed by atoms with Crippen LogP contribution >= 0.6 is 0 Å². The van der Waals surface area contributed by atoms with E-state index in [1.54, 1.807) is 0 Å². The Morgan fingerprint density at radius 2 is 2.60 bits per heavy atom. The molecule has 10 heavy (non-hydrogen) atoms. The molecule has 0 amide bonds. The fourth-order valence-electron chi connectivity index (χ4n) is 1.54. The topological polar surface area (TPSA) is 17.8 Å². The highest BCUT2D eigenvalue weighted by Gasteiger charge is 2.13. The van der Waals surface area contributed by atoms with Gasteiger partial charge in [-0.05, 0) is 12.3 Å². The largest absolute Gasteiger partial charge is 0.335 e. The number of imidazole rings is 1. The first kappa shape index (κ1) is 5.96. The van der Waals surface area contributed by atoms with E-state index < -0.39 is 0 Å². The molecule has 0 N–H and O–H groups in total. The first-order chi connectivity index (χ1) is 4.86. The minimum atomic E-state index is 0.835. The van der Waals surface area contributed by atoms with E-state index in [0.717, 1.165) is 18.9 Å². The third kappa shape index (κ3) is 0.838. The lowest BCUT2D eigenvalue weighted by Crippen LogP contribution is -2.17. The third-order valence-electron chi connectivity index (χ3n) is 2.17. The summed E-state index contributed by atoms with van der Waals surface area (Å²) in [6.45, 7) is 3.46. The summed E-state index contributed by atoms with van der Waals surface area (Å²) in [5.74, 6) is 2.10. The third-order valence-corrected chi connectivity index (χ3v) is 2.17. The van der Waals surface area contributed by atoms with Crippen LogP contribution in [0.4, 0.5) is 0 Å². The summed E-state index contributed by atoms with van der Waals surface area (Å²) < 4.78 is 2.26. The van der Waals surface area contributed by atoms with E-state index >= 15 is 0 Å². The number of hydrogen-bond donors (Lipinski definition) is 0. The molecule has 0 saturated carbocycles. The highest BCUT2D eigenvalue weighted by atomic mass is 15.1. The molecule has 0 bridgehead atoms. The minimum Gasteiger partial charge on any atom is -0.335 e. The summed E-state index contributed by atoms with van der Waals surface area (Å²) in [6, 6.07) is 0. The predicted octanol–water partition coefficient (Wildman–Crippen LogP) is 1.47. The fourth-order valence-corrected chi connectivity index (χ4v) is 1.54. The monoisotopic (exact) mass is 136 g/mol. The van der Waals surface area contributed by atoms with Gasteiger partial charge in [-0.1, -0.05) is 6.92 Å². The van der Waals surface area contributed by atoms with Crippen molar-refractivity contribution in [2.45, 2.75) is 26.3 Å². The Balaban J connectivity index is 2.30. The summed E-state index contributed by atoms with van der Waals surface area (Å²) in [6.07, 6.45) is 6.43. The Morgan fingerprint density at radius 1 is 1.70 bits per heavy atom. The van der Waals surface area contributed by atoms with Gasteiger partial charge in [-0.2, -0.15) is 0 Å². The summed E-state index contributed by atoms with van der Waals surface area (Å²) >= 11 is 0. The van der Waals surface area contributed by atoms with Gasteiger partial charge in [0.05, 0.1) is 0 Å². The minimum absolute atomic E-state index is 0.835. The second-order valence-corrected chi connectivity index (χ2v) is 3.14. The SMILES string of the molecule is CC1CCc2nccn2C1. The Bertz CT molecular complexity index is 227. The molecule has 2 heteroatoms. The van der Waals surface area contributed by atoms with Crippen molar-refractivity contribution in [1.82, 2.24) is 9.55 Å². The quantitative estimate of drug-likeness (QED) is 0.528. The van der Waals surface area contributed by atoms with Crippen LogP contribution in [0.25, 0.3) is 0 Å². The van der Waals surface area contributed by atoms with E-state index in [9.17, 15) is 0 Å². The van der Waals surface area contributed by atoms with Gasteiger partial charge in [0, 0.05) is 25.4 Å². The maximum absolute atomic E-state index is 4.25. The van der Waals surface area contributed by atoms with Gasteiger partial charge in [0.25, 0.3) is 0 Å². The standard InChI is InChI=1S/C8H12N2/c1-7-2-3-8-9-4-5-10(8)6-7/h4-5,7H,2-3,6H2,1H3. The van der Waals surface area contributed by atoms with E-state index in [4.69, 9.17) is 0 Å². The van der Waals surface area contributed by atoms with Crippen LogP contribution in [0.2, 0.25) is 0 Å². The van der Waals surface area contributed by atoms with E-state index in [1.807, 2.05) is 6.20 Å². The first-order valence-electron chi connectivity index (χ1n) is 3.86. The van der Waals surface area contributed by atoms with Crippen LogP contribution in [0, 0.1) is 5.92 Å². The maximum Gasteiger partial charge on any atom is 0.108 e. The van der Waals surface area contributed by atoms with Crippen LogP contribution < -0.4 is 0 Å². The molecule has 1 aliphatic rings. The zero-order valence-electron chi connectivity index (χ0n) is 6.25. The van der Waals surface area contributed by atoms with Gasteiger partial charge in [-0.15, -0.1) is 0 Å². The molecule has 0 spiro atoms. The van der Waals surface area contributed by atoms with Crippen LogP contribution in [-0.4, -0.2) is 9.55 Å². The number of rotatable bonds is 0. The molecule has 1 aliphatic heterocycles. The summed E-state index contributed by atoms with van der Waals surface area (Å²) in [5, 5.41) is 0. The summed E-state index contributed by atoms with van der Waals surface area (Å²) in [4.78, 5) is 4.25. The lowest BCUT2D eigenvalue weighted by molar-refractivity contribution is 0.394. The van der Waals surface area contributed by atoms with Crippen LogP contribution in [0.1, 0.15) is 19.2 Å². The number of nitrogens with zero attached hydrogens (tertiary/aromatic N) is 2. The molecule has 0 aliphatic carbocycles. The van der Waals surface area contributed by atoms with Crippen molar-refractivity contribution in [2.24, 2.45) is 5.92 Å². The molecule has 2 rings (SSSR count). The van der Waals surface area contributed by atoms with Crippen molar-refractivity contribution < 1.29 is 0 Å². The van der Waals surface area contributed by atoms with E-state index in [-0.39, 0.29) is 0 Å². The van der Waals surface area contributed by atoms with Crippen LogP contribution in [0.3, 0.4) is 0 Å². The zero-order valence-corrected chi connectivity index (χ0v) is 6.25. The molecular formula is C8H12N2. The average Bonchev–Trinajstić information content (AvgIpc) is 2.33. The predicted molar refractivity (Wildman–Crippen MR) is 39.7 cm³/mol. The maximum atomic E-state index is 4.25. The van der Waals surface area contributed by atoms with Crippen molar-refractivity contribution in [2.75, 3.05) is 0 Å². The lowest BCUT2D eigenvalue weighted by Gasteiger charge is -2.19. The fraction of sp³-hybridized carbons (Fsp3) is 0.625. The van der Waals surface area contributed by atoms with Crippen LogP contribution in [0.15, 0.2) is 12.4 Å². The van der Waals surface area contributed by atoms with Gasteiger partial charge in [0.15, 0.2) is 0 Å². The normalized spacial score (nSPS) is 24.3. The van der Waals surface area contributed by atoms with Crippen molar-refractivity contribution >= 4 is 0 Å². The van der Waals surface area contributed by atoms with E-state index in [2.05, 4.69) is 22.7 Å². The molecule has 2 heterocycles. The average molecular weight is 136 g/mol. The van der Waals surface area contributed by atoms with Crippen molar-refractivity contribution in [3.8, 4) is 0 Å². The summed E-state index contributed by atoms with van der Waals surface area (Å²) in [7, 11) is 0. The van der Waals surface area contributed by atoms with Gasteiger partial charge in [0.2, 0.25) is 0 Å². The van der Waals surface area contributed by atoms with Gasteiger partial charge >= 0.3 is 0 Å². The molecule has 54 valence electrons. The molecule has 0 radical (unpaired) electrons. The van der Waals surface area contributed by atoms with Gasteiger partial charge in [-0.3, -0.25) is 0 Å². The number of hydrogen-bond acceptors (Lipinski definition) is 1. The highest BCUT2D eigenvalue weighted by molar-refractivity contribution is 4.95. The van der Waals surface area contributed by atoms with E-state index in [1.165, 1.54) is 12.2 Å². The Hall–Kier alpha value is -0.790. The number of fused-ring (bicyclic) bond motifs is 1. The zero-order chi connectivity index (χ0) is 6.97. The van der Waals surface area contributed by atoms with Crippen molar-refractivity contribution in [1.29, 1.82) is 0 Å². The smallest absolute Gasteiger partial charge is 0.108 e. The van der Waals surface area contributed by atoms with Gasteiger partial charge in [-0.25, -0.2) is 4.98 Å². The summed E-state index contributed by atoms with van der Waals surface area (Å²) in [5.41, 5.74) is 0. The van der Waals surface area contributed by atoms with Crippen molar-refractivity contribution in [3.63, 3.8) is 0 Å². The first-order valence-corrected chi connectivity index (χ1v) is 3.86. The molecule has 1 aromatic rings. The lowest BCUT2D eigenvalue weighted by atomic mass is 10.0.